The summed E-state index contributed by atoms with van der Waals surface area (Å²) in [7, 11) is 1.55. The van der Waals surface area contributed by atoms with Gasteiger partial charge in [0.25, 0.3) is 11.8 Å². The molecule has 3 atom stereocenters. The highest BCUT2D eigenvalue weighted by Crippen LogP contribution is 2.55. The number of carbonyl (C=O) groups excluding carboxylic acids is 5. The lowest BCUT2D eigenvalue weighted by molar-refractivity contribution is -0.164. The molecule has 0 spiro atoms. The number of aliphatic hydroxyl groups is 1. The summed E-state index contributed by atoms with van der Waals surface area (Å²) in [6, 6.07) is 19.2. The van der Waals surface area contributed by atoms with Gasteiger partial charge in [-0.2, -0.15) is 5.26 Å². The van der Waals surface area contributed by atoms with Crippen molar-refractivity contribution in [2.24, 2.45) is 16.2 Å². The molecule has 15 nitrogen and oxygen atoms in total. The number of likely N-dealkylation sites (tertiary alicyclic amines) is 1. The molecule has 16 heteroatoms. The number of benzene rings is 3. The minimum Gasteiger partial charge on any atom is -0.489 e. The Morgan fingerprint density at radius 1 is 0.923 bits per heavy atom. The molecule has 1 saturated heterocycles. The van der Waals surface area contributed by atoms with E-state index in [1.54, 1.807) is 61.6 Å². The van der Waals surface area contributed by atoms with E-state index in [1.165, 1.54) is 4.90 Å². The van der Waals surface area contributed by atoms with Crippen molar-refractivity contribution in [2.45, 2.75) is 111 Å². The zero-order chi connectivity index (χ0) is 47.7. The smallest absolute Gasteiger partial charge is 0.251 e. The standard InChI is InChI=1S/C49H64ClN7O8/c1-47(2,3)40(44(63)57-28-35(58)24-38(57)43(62)54-27-30-12-14-31(15-13-30)41(60)52-8)55-39(59)29-64-23-11-9-10-22-53-34-19-16-32(17-20-34)42(61)56-45-48(4,5)46(49(45,6)7)65-36-21-18-33(26-51)37(50)25-36/h12-21,25,35,38,40,45-46,53,58H,9-11,22-24,27-29H2,1-8H3,(H,52,60)(H,54,62)(H,55,59)(H,56,61)/t35-,38+,40-,45-,46-/m1/s1. The van der Waals surface area contributed by atoms with E-state index in [0.29, 0.717) is 40.6 Å². The Hall–Kier alpha value is -5.69. The molecule has 350 valence electrons. The van der Waals surface area contributed by atoms with Gasteiger partial charge in [0.15, 0.2) is 0 Å². The van der Waals surface area contributed by atoms with Gasteiger partial charge in [0.1, 0.15) is 36.6 Å². The predicted octanol–water partition coefficient (Wildman–Crippen LogP) is 5.59. The monoisotopic (exact) mass is 913 g/mol. The topological polar surface area (TPSA) is 211 Å². The maximum atomic E-state index is 13.9. The zero-order valence-electron chi connectivity index (χ0n) is 38.7. The molecule has 6 N–H and O–H groups in total. The van der Waals surface area contributed by atoms with Crippen molar-refractivity contribution in [2.75, 3.05) is 38.7 Å². The second kappa shape index (κ2) is 21.5. The summed E-state index contributed by atoms with van der Waals surface area (Å²) in [5.74, 6) is -1.15. The number of nitrogens with one attached hydrogen (secondary N) is 5. The van der Waals surface area contributed by atoms with Crippen LogP contribution in [0.2, 0.25) is 5.02 Å². The molecule has 0 unspecified atom stereocenters. The summed E-state index contributed by atoms with van der Waals surface area (Å²) in [6.07, 6.45) is 1.38. The van der Waals surface area contributed by atoms with Crippen LogP contribution in [0.5, 0.6) is 5.75 Å². The first-order valence-corrected chi connectivity index (χ1v) is 22.5. The number of nitriles is 1. The van der Waals surface area contributed by atoms with Gasteiger partial charge in [-0.3, -0.25) is 24.0 Å². The van der Waals surface area contributed by atoms with Crippen LogP contribution in [0.25, 0.3) is 0 Å². The minimum absolute atomic E-state index is 0.0377. The van der Waals surface area contributed by atoms with Crippen LogP contribution in [0.3, 0.4) is 0 Å². The van der Waals surface area contributed by atoms with Crippen LogP contribution < -0.4 is 31.3 Å². The van der Waals surface area contributed by atoms with Gasteiger partial charge in [-0.25, -0.2) is 0 Å². The third-order valence-electron chi connectivity index (χ3n) is 12.3. The van der Waals surface area contributed by atoms with Gasteiger partial charge < -0.3 is 46.1 Å². The number of anilines is 1. The highest BCUT2D eigenvalue weighted by atomic mass is 35.5. The highest BCUT2D eigenvalue weighted by molar-refractivity contribution is 6.31. The van der Waals surface area contributed by atoms with Crippen LogP contribution in [0.1, 0.15) is 106 Å². The summed E-state index contributed by atoms with van der Waals surface area (Å²) in [4.78, 5) is 66.7. The van der Waals surface area contributed by atoms with Crippen molar-refractivity contribution in [3.05, 3.63) is 94.0 Å². The Balaban J connectivity index is 0.993. The fourth-order valence-electron chi connectivity index (χ4n) is 9.00. The molecule has 1 aliphatic carbocycles. The Morgan fingerprint density at radius 2 is 1.57 bits per heavy atom. The van der Waals surface area contributed by atoms with Crippen molar-refractivity contribution in [1.82, 2.24) is 26.2 Å². The van der Waals surface area contributed by atoms with E-state index >= 15 is 0 Å². The van der Waals surface area contributed by atoms with E-state index in [-0.39, 0.29) is 60.9 Å². The summed E-state index contributed by atoms with van der Waals surface area (Å²) in [5.41, 5.74) is 1.60. The summed E-state index contributed by atoms with van der Waals surface area (Å²) in [6.45, 7) is 14.7. The summed E-state index contributed by atoms with van der Waals surface area (Å²) in [5, 5.41) is 34.8. The van der Waals surface area contributed by atoms with E-state index in [0.717, 1.165) is 30.5 Å². The molecule has 3 aromatic carbocycles. The van der Waals surface area contributed by atoms with Crippen LogP contribution in [-0.4, -0.2) is 103 Å². The number of hydrogen-bond acceptors (Lipinski definition) is 10. The van der Waals surface area contributed by atoms with E-state index in [4.69, 9.17) is 21.1 Å². The fourth-order valence-corrected chi connectivity index (χ4v) is 9.21. The molecule has 3 aromatic rings. The predicted molar refractivity (Wildman–Crippen MR) is 248 cm³/mol. The number of β-amino-alcohol motifs (C(OH)–C–C–N with tert-alkyl or cyclic N) is 1. The Labute approximate surface area is 387 Å². The molecule has 5 amide bonds. The van der Waals surface area contributed by atoms with Crippen LogP contribution in [0, 0.1) is 27.6 Å². The van der Waals surface area contributed by atoms with Crippen molar-refractivity contribution < 1.29 is 38.6 Å². The maximum Gasteiger partial charge on any atom is 0.251 e. The average molecular weight is 915 g/mol. The third-order valence-corrected chi connectivity index (χ3v) is 12.6. The second-order valence-electron chi connectivity index (χ2n) is 19.2. The van der Waals surface area contributed by atoms with Gasteiger partial charge in [0.2, 0.25) is 17.7 Å². The van der Waals surface area contributed by atoms with Crippen LogP contribution in [-0.2, 0) is 25.7 Å². The van der Waals surface area contributed by atoms with Crippen molar-refractivity contribution in [3.8, 4) is 11.8 Å². The molecule has 1 saturated carbocycles. The van der Waals surface area contributed by atoms with E-state index < -0.39 is 41.3 Å². The number of nitrogens with zero attached hydrogens (tertiary/aromatic N) is 2. The molecule has 5 rings (SSSR count). The molecule has 0 bridgehead atoms. The van der Waals surface area contributed by atoms with Crippen molar-refractivity contribution in [1.29, 1.82) is 5.26 Å². The molecule has 2 fully saturated rings. The number of rotatable bonds is 19. The second-order valence-corrected chi connectivity index (χ2v) is 19.6. The first-order valence-electron chi connectivity index (χ1n) is 22.1. The lowest BCUT2D eigenvalue weighted by Crippen LogP contribution is -2.74. The number of amides is 5. The number of aliphatic hydroxyl groups excluding tert-OH is 1. The number of carbonyl (C=O) groups is 5. The lowest BCUT2D eigenvalue weighted by Gasteiger charge is -2.63. The average Bonchev–Trinajstić information content (AvgIpc) is 3.67. The zero-order valence-corrected chi connectivity index (χ0v) is 39.4. The first kappa shape index (κ1) is 50.3. The Morgan fingerprint density at radius 3 is 2.18 bits per heavy atom. The molecule has 0 aromatic heterocycles. The van der Waals surface area contributed by atoms with Gasteiger partial charge in [0, 0.05) is 79.5 Å². The Kier molecular flexibility index (Phi) is 16.7. The molecule has 1 heterocycles. The summed E-state index contributed by atoms with van der Waals surface area (Å²) < 4.78 is 12.0. The van der Waals surface area contributed by atoms with E-state index in [1.807, 2.05) is 32.9 Å². The van der Waals surface area contributed by atoms with Crippen LogP contribution in [0.4, 0.5) is 5.69 Å². The molecule has 0 radical (unpaired) electrons. The van der Waals surface area contributed by atoms with E-state index in [2.05, 4.69) is 60.3 Å². The normalized spacial score (nSPS) is 20.0. The molecular weight excluding hydrogens is 850 g/mol. The Bertz CT molecular complexity index is 2200. The number of ether oxygens (including phenoxy) is 2. The molecule has 65 heavy (non-hydrogen) atoms. The fraction of sp³-hybridized carbons (Fsp3) is 0.510. The van der Waals surface area contributed by atoms with Gasteiger partial charge in [-0.05, 0) is 78.8 Å². The number of hydrogen-bond donors (Lipinski definition) is 6. The number of unbranched alkanes of at least 4 members (excludes halogenated alkanes) is 2. The SMILES string of the molecule is CNC(=O)c1ccc(CNC(=O)[C@@H]2C[C@@H](O)CN2C(=O)[C@@H](NC(=O)COCCCCCNc2ccc(C(=O)N[C@H]3C(C)(C)[C@H](Oc4ccc(C#N)c(Cl)c4)C3(C)C)cc2)C(C)(C)C)cc1. The van der Waals surface area contributed by atoms with Gasteiger partial charge in [-0.1, -0.05) is 72.2 Å². The molecular formula is C49H64ClN7O8. The lowest BCUT2D eigenvalue weighted by atomic mass is 9.49. The van der Waals surface area contributed by atoms with Crippen LogP contribution >= 0.6 is 11.6 Å². The third kappa shape index (κ3) is 12.6. The highest BCUT2D eigenvalue weighted by Gasteiger charge is 2.64. The van der Waals surface area contributed by atoms with E-state index in [9.17, 15) is 34.3 Å². The number of halogens is 1. The van der Waals surface area contributed by atoms with Crippen molar-refractivity contribution in [3.63, 3.8) is 0 Å². The van der Waals surface area contributed by atoms with Gasteiger partial charge in [0.05, 0.1) is 16.7 Å². The van der Waals surface area contributed by atoms with Crippen molar-refractivity contribution >= 4 is 46.8 Å². The molecule has 2 aliphatic rings. The van der Waals surface area contributed by atoms with Gasteiger partial charge in [-0.15, -0.1) is 0 Å². The summed E-state index contributed by atoms with van der Waals surface area (Å²) >= 11 is 6.23. The molecule has 1 aliphatic heterocycles. The largest absolute Gasteiger partial charge is 0.489 e. The van der Waals surface area contributed by atoms with Crippen LogP contribution in [0.15, 0.2) is 66.7 Å². The first-order chi connectivity index (χ1) is 30.7. The maximum absolute atomic E-state index is 13.9. The minimum atomic E-state index is -0.969. The quantitative estimate of drug-likeness (QED) is 0.0821. The van der Waals surface area contributed by atoms with Gasteiger partial charge >= 0.3 is 0 Å².